The molecule has 0 aliphatic carbocycles. The third-order valence-corrected chi connectivity index (χ3v) is 2.34. The van der Waals surface area contributed by atoms with Crippen LogP contribution in [0.3, 0.4) is 0 Å². The first-order chi connectivity index (χ1) is 5.04. The van der Waals surface area contributed by atoms with Crippen LogP contribution in [0.15, 0.2) is 0 Å². The standard InChI is InChI=1S/C11H16/c1-6-8-9-11(4,5)10(3)7-2/h1-2,10H,8-9H2,3-5H3. The molecule has 1 atom stereocenters. The summed E-state index contributed by atoms with van der Waals surface area (Å²) < 4.78 is 0. The normalized spacial score (nSPS) is 13.2. The number of terminal acetylenes is 2. The molecule has 0 nitrogen and oxygen atoms in total. The van der Waals surface area contributed by atoms with Gasteiger partial charge in [-0.1, -0.05) is 20.8 Å². The lowest BCUT2D eigenvalue weighted by Crippen LogP contribution is -2.19. The SMILES string of the molecule is C#CCCC(C)(C)C(C)C#C. The highest BCUT2D eigenvalue weighted by Crippen LogP contribution is 2.30. The first kappa shape index (κ1) is 10.1. The second-order valence-corrected chi connectivity index (χ2v) is 3.58. The van der Waals surface area contributed by atoms with Crippen molar-refractivity contribution in [2.75, 3.05) is 0 Å². The summed E-state index contributed by atoms with van der Waals surface area (Å²) in [6.07, 6.45) is 12.3. The van der Waals surface area contributed by atoms with Crippen LogP contribution in [-0.4, -0.2) is 0 Å². The summed E-state index contributed by atoms with van der Waals surface area (Å²) in [6.45, 7) is 6.39. The molecular formula is C11H16. The summed E-state index contributed by atoms with van der Waals surface area (Å²) in [6, 6.07) is 0. The van der Waals surface area contributed by atoms with Crippen LogP contribution in [0.4, 0.5) is 0 Å². The van der Waals surface area contributed by atoms with Crippen molar-refractivity contribution in [2.45, 2.75) is 33.6 Å². The van der Waals surface area contributed by atoms with Crippen LogP contribution in [0.1, 0.15) is 33.6 Å². The van der Waals surface area contributed by atoms with Crippen molar-refractivity contribution < 1.29 is 0 Å². The third kappa shape index (κ3) is 3.15. The first-order valence-corrected chi connectivity index (χ1v) is 3.94. The molecule has 0 fully saturated rings. The Labute approximate surface area is 70.4 Å². The van der Waals surface area contributed by atoms with Gasteiger partial charge in [-0.05, 0) is 11.8 Å². The van der Waals surface area contributed by atoms with Crippen molar-refractivity contribution in [1.82, 2.24) is 0 Å². The highest BCUT2D eigenvalue weighted by molar-refractivity contribution is 4.99. The summed E-state index contributed by atoms with van der Waals surface area (Å²) in [5.41, 5.74) is 0.182. The highest BCUT2D eigenvalue weighted by atomic mass is 14.3. The van der Waals surface area contributed by atoms with Gasteiger partial charge < -0.3 is 0 Å². The molecule has 0 aromatic rings. The average Bonchev–Trinajstić information content (AvgIpc) is 1.99. The van der Waals surface area contributed by atoms with Crippen LogP contribution in [-0.2, 0) is 0 Å². The third-order valence-electron chi connectivity index (χ3n) is 2.34. The molecule has 0 heteroatoms. The Morgan fingerprint density at radius 1 is 1.36 bits per heavy atom. The molecule has 0 saturated carbocycles. The molecule has 0 radical (unpaired) electrons. The van der Waals surface area contributed by atoms with Gasteiger partial charge in [0.25, 0.3) is 0 Å². The van der Waals surface area contributed by atoms with E-state index in [-0.39, 0.29) is 5.41 Å². The molecule has 0 rings (SSSR count). The van der Waals surface area contributed by atoms with E-state index in [0.717, 1.165) is 12.8 Å². The monoisotopic (exact) mass is 148 g/mol. The lowest BCUT2D eigenvalue weighted by atomic mass is 9.77. The Kier molecular flexibility index (Phi) is 3.77. The summed E-state index contributed by atoms with van der Waals surface area (Å²) in [4.78, 5) is 0. The van der Waals surface area contributed by atoms with Gasteiger partial charge in [0.05, 0.1) is 0 Å². The van der Waals surface area contributed by atoms with Gasteiger partial charge in [0.1, 0.15) is 0 Å². The van der Waals surface area contributed by atoms with Crippen molar-refractivity contribution in [3.8, 4) is 24.7 Å². The quantitative estimate of drug-likeness (QED) is 0.540. The fourth-order valence-electron chi connectivity index (χ4n) is 0.836. The van der Waals surface area contributed by atoms with Crippen molar-refractivity contribution in [3.05, 3.63) is 0 Å². The van der Waals surface area contributed by atoms with Gasteiger partial charge in [0.2, 0.25) is 0 Å². The van der Waals surface area contributed by atoms with Crippen LogP contribution in [0.25, 0.3) is 0 Å². The van der Waals surface area contributed by atoms with Crippen molar-refractivity contribution >= 4 is 0 Å². The molecule has 0 aromatic heterocycles. The van der Waals surface area contributed by atoms with Gasteiger partial charge >= 0.3 is 0 Å². The molecule has 0 aliphatic rings. The van der Waals surface area contributed by atoms with Crippen molar-refractivity contribution in [1.29, 1.82) is 0 Å². The lowest BCUT2D eigenvalue weighted by Gasteiger charge is -2.27. The highest BCUT2D eigenvalue weighted by Gasteiger charge is 2.22. The summed E-state index contributed by atoms with van der Waals surface area (Å²) in [5, 5.41) is 0. The minimum atomic E-state index is 0.182. The van der Waals surface area contributed by atoms with Crippen LogP contribution in [0, 0.1) is 36.0 Å². The molecule has 60 valence electrons. The first-order valence-electron chi connectivity index (χ1n) is 3.94. The van der Waals surface area contributed by atoms with Crippen LogP contribution < -0.4 is 0 Å². The van der Waals surface area contributed by atoms with E-state index in [2.05, 4.69) is 32.6 Å². The minimum Gasteiger partial charge on any atom is -0.120 e. The molecule has 0 aliphatic heterocycles. The van der Waals surface area contributed by atoms with Gasteiger partial charge in [-0.25, -0.2) is 0 Å². The van der Waals surface area contributed by atoms with Crippen molar-refractivity contribution in [3.63, 3.8) is 0 Å². The Bertz CT molecular complexity index is 185. The van der Waals surface area contributed by atoms with E-state index in [1.165, 1.54) is 0 Å². The fourth-order valence-corrected chi connectivity index (χ4v) is 0.836. The zero-order chi connectivity index (χ0) is 8.91. The minimum absolute atomic E-state index is 0.182. The second-order valence-electron chi connectivity index (χ2n) is 3.58. The molecule has 0 amide bonds. The summed E-state index contributed by atoms with van der Waals surface area (Å²) in [5.74, 6) is 5.68. The largest absolute Gasteiger partial charge is 0.120 e. The molecule has 0 spiro atoms. The smallest absolute Gasteiger partial charge is 0.0223 e. The maximum Gasteiger partial charge on any atom is 0.0223 e. The Morgan fingerprint density at radius 3 is 2.27 bits per heavy atom. The predicted molar refractivity (Wildman–Crippen MR) is 49.8 cm³/mol. The second kappa shape index (κ2) is 4.09. The van der Waals surface area contributed by atoms with Crippen LogP contribution in [0.5, 0.6) is 0 Å². The number of hydrogen-bond acceptors (Lipinski definition) is 0. The summed E-state index contributed by atoms with van der Waals surface area (Å²) >= 11 is 0. The van der Waals surface area contributed by atoms with Gasteiger partial charge in [-0.2, -0.15) is 0 Å². The molecule has 1 unspecified atom stereocenters. The number of hydrogen-bond donors (Lipinski definition) is 0. The van der Waals surface area contributed by atoms with E-state index in [9.17, 15) is 0 Å². The van der Waals surface area contributed by atoms with E-state index in [0.29, 0.717) is 5.92 Å². The fraction of sp³-hybridized carbons (Fsp3) is 0.636. The maximum absolute atomic E-state index is 5.33. The molecule has 0 bridgehead atoms. The van der Waals surface area contributed by atoms with E-state index in [4.69, 9.17) is 12.8 Å². The molecule has 0 N–H and O–H groups in total. The van der Waals surface area contributed by atoms with E-state index in [1.807, 2.05) is 0 Å². The molecule has 0 saturated heterocycles. The van der Waals surface area contributed by atoms with E-state index >= 15 is 0 Å². The van der Waals surface area contributed by atoms with Gasteiger partial charge in [-0.15, -0.1) is 24.7 Å². The molecule has 11 heavy (non-hydrogen) atoms. The Balaban J connectivity index is 4.03. The van der Waals surface area contributed by atoms with E-state index < -0.39 is 0 Å². The average molecular weight is 148 g/mol. The van der Waals surface area contributed by atoms with Gasteiger partial charge in [0, 0.05) is 12.3 Å². The lowest BCUT2D eigenvalue weighted by molar-refractivity contribution is 0.266. The molecule has 0 heterocycles. The molecule has 0 aromatic carbocycles. The van der Waals surface area contributed by atoms with Gasteiger partial charge in [0.15, 0.2) is 0 Å². The Hall–Kier alpha value is -0.880. The van der Waals surface area contributed by atoms with Crippen molar-refractivity contribution in [2.24, 2.45) is 11.3 Å². The predicted octanol–water partition coefficient (Wildman–Crippen LogP) is 2.70. The number of rotatable bonds is 3. The maximum atomic E-state index is 5.33. The van der Waals surface area contributed by atoms with E-state index in [1.54, 1.807) is 0 Å². The zero-order valence-electron chi connectivity index (χ0n) is 7.65. The Morgan fingerprint density at radius 2 is 1.91 bits per heavy atom. The topological polar surface area (TPSA) is 0 Å². The molecular weight excluding hydrogens is 132 g/mol. The van der Waals surface area contributed by atoms with Crippen LogP contribution in [0.2, 0.25) is 0 Å². The van der Waals surface area contributed by atoms with Gasteiger partial charge in [-0.3, -0.25) is 0 Å². The van der Waals surface area contributed by atoms with Crippen LogP contribution >= 0.6 is 0 Å². The summed E-state index contributed by atoms with van der Waals surface area (Å²) in [7, 11) is 0. The zero-order valence-corrected chi connectivity index (χ0v) is 7.65.